The van der Waals surface area contributed by atoms with Crippen LogP contribution in [-0.2, 0) is 4.79 Å². The highest BCUT2D eigenvalue weighted by molar-refractivity contribution is 9.10. The second kappa shape index (κ2) is 7.08. The molecule has 0 saturated heterocycles. The van der Waals surface area contributed by atoms with Crippen molar-refractivity contribution in [2.24, 2.45) is 0 Å². The van der Waals surface area contributed by atoms with Crippen molar-refractivity contribution in [1.82, 2.24) is 16.2 Å². The first kappa shape index (κ1) is 13.7. The van der Waals surface area contributed by atoms with E-state index in [0.717, 1.165) is 4.47 Å². The molecule has 0 aromatic heterocycles. The Labute approximate surface area is 113 Å². The van der Waals surface area contributed by atoms with E-state index in [4.69, 9.17) is 17.0 Å². The Bertz CT molecular complexity index is 397. The minimum Gasteiger partial charge on any atom is -0.484 e. The van der Waals surface area contributed by atoms with Crippen molar-refractivity contribution in [3.8, 4) is 5.75 Å². The summed E-state index contributed by atoms with van der Waals surface area (Å²) < 4.78 is 6.21. The van der Waals surface area contributed by atoms with Gasteiger partial charge in [0.05, 0.1) is 0 Å². The Hall–Kier alpha value is -1.34. The Morgan fingerprint density at radius 1 is 1.35 bits per heavy atom. The van der Waals surface area contributed by atoms with Crippen LogP contribution in [0, 0.1) is 0 Å². The molecule has 92 valence electrons. The predicted molar refractivity (Wildman–Crippen MR) is 72.6 cm³/mol. The molecule has 1 aromatic carbocycles. The number of carbonyl (C=O) groups is 1. The highest BCUT2D eigenvalue weighted by Crippen LogP contribution is 2.15. The second-order valence-electron chi connectivity index (χ2n) is 2.99. The van der Waals surface area contributed by atoms with Crippen molar-refractivity contribution in [1.29, 1.82) is 0 Å². The fourth-order valence-electron chi connectivity index (χ4n) is 0.905. The smallest absolute Gasteiger partial charge is 0.276 e. The lowest BCUT2D eigenvalue weighted by atomic mass is 10.3. The lowest BCUT2D eigenvalue weighted by Gasteiger charge is -2.09. The zero-order chi connectivity index (χ0) is 12.7. The van der Waals surface area contributed by atoms with Gasteiger partial charge in [-0.25, -0.2) is 0 Å². The number of nitrogens with one attached hydrogen (secondary N) is 3. The fourth-order valence-corrected chi connectivity index (χ4v) is 1.22. The second-order valence-corrected chi connectivity index (χ2v) is 4.32. The minimum absolute atomic E-state index is 0.0824. The molecule has 0 radical (unpaired) electrons. The fraction of sp³-hybridized carbons (Fsp3) is 0.200. The zero-order valence-electron chi connectivity index (χ0n) is 9.12. The molecule has 7 heteroatoms. The third-order valence-electron chi connectivity index (χ3n) is 1.73. The number of thiocarbonyl (C=S) groups is 1. The van der Waals surface area contributed by atoms with Crippen molar-refractivity contribution >= 4 is 39.2 Å². The number of hydrogen-bond acceptors (Lipinski definition) is 3. The van der Waals surface area contributed by atoms with E-state index in [0.29, 0.717) is 10.9 Å². The van der Waals surface area contributed by atoms with Crippen LogP contribution in [0.1, 0.15) is 0 Å². The van der Waals surface area contributed by atoms with Crippen LogP contribution < -0.4 is 20.9 Å². The molecule has 0 bridgehead atoms. The van der Waals surface area contributed by atoms with Crippen molar-refractivity contribution in [2.75, 3.05) is 13.7 Å². The molecule has 0 aliphatic rings. The molecule has 1 rings (SSSR count). The van der Waals surface area contributed by atoms with E-state index in [-0.39, 0.29) is 12.5 Å². The van der Waals surface area contributed by atoms with Crippen LogP contribution in [-0.4, -0.2) is 24.7 Å². The van der Waals surface area contributed by atoms with Gasteiger partial charge in [0, 0.05) is 11.5 Å². The summed E-state index contributed by atoms with van der Waals surface area (Å²) in [5, 5.41) is 3.00. The van der Waals surface area contributed by atoms with Crippen LogP contribution in [0.5, 0.6) is 5.75 Å². The lowest BCUT2D eigenvalue weighted by Crippen LogP contribution is -2.47. The van der Waals surface area contributed by atoms with Crippen LogP contribution in [0.25, 0.3) is 0 Å². The Kier molecular flexibility index (Phi) is 5.71. The Balaban J connectivity index is 2.28. The summed E-state index contributed by atoms with van der Waals surface area (Å²) in [4.78, 5) is 11.3. The van der Waals surface area contributed by atoms with Crippen LogP contribution in [0.2, 0.25) is 0 Å². The van der Waals surface area contributed by atoms with Crippen LogP contribution >= 0.6 is 28.1 Å². The van der Waals surface area contributed by atoms with Gasteiger partial charge < -0.3 is 10.1 Å². The molecule has 17 heavy (non-hydrogen) atoms. The van der Waals surface area contributed by atoms with Gasteiger partial charge in [-0.15, -0.1) is 0 Å². The number of amides is 1. The first-order chi connectivity index (χ1) is 8.11. The molecule has 0 aliphatic carbocycles. The Morgan fingerprint density at radius 2 is 2.00 bits per heavy atom. The maximum absolute atomic E-state index is 11.3. The lowest BCUT2D eigenvalue weighted by molar-refractivity contribution is -0.123. The average Bonchev–Trinajstić information content (AvgIpc) is 2.35. The van der Waals surface area contributed by atoms with E-state index >= 15 is 0 Å². The largest absolute Gasteiger partial charge is 0.484 e. The third kappa shape index (κ3) is 5.50. The molecule has 1 aromatic rings. The summed E-state index contributed by atoms with van der Waals surface area (Å²) in [5.74, 6) is 0.310. The molecular formula is C10H12BrN3O2S. The highest BCUT2D eigenvalue weighted by Gasteiger charge is 2.02. The number of hydrazine groups is 1. The zero-order valence-corrected chi connectivity index (χ0v) is 11.5. The van der Waals surface area contributed by atoms with E-state index in [1.165, 1.54) is 0 Å². The molecule has 0 saturated carbocycles. The molecule has 0 aliphatic heterocycles. The van der Waals surface area contributed by atoms with Gasteiger partial charge >= 0.3 is 0 Å². The Morgan fingerprint density at radius 3 is 2.59 bits per heavy atom. The number of hydrogen-bond donors (Lipinski definition) is 3. The molecule has 0 atom stereocenters. The maximum atomic E-state index is 11.3. The number of carbonyl (C=O) groups excluding carboxylic acids is 1. The monoisotopic (exact) mass is 317 g/mol. The van der Waals surface area contributed by atoms with Crippen LogP contribution in [0.15, 0.2) is 28.7 Å². The molecule has 5 nitrogen and oxygen atoms in total. The van der Waals surface area contributed by atoms with Gasteiger partial charge in [0.15, 0.2) is 11.7 Å². The highest BCUT2D eigenvalue weighted by atomic mass is 79.9. The van der Waals surface area contributed by atoms with Gasteiger partial charge in [0.1, 0.15) is 5.75 Å². The summed E-state index contributed by atoms with van der Waals surface area (Å²) in [6.45, 7) is -0.0824. The summed E-state index contributed by atoms with van der Waals surface area (Å²) in [6, 6.07) is 7.20. The first-order valence-electron chi connectivity index (χ1n) is 4.76. The summed E-state index contributed by atoms with van der Waals surface area (Å²) in [7, 11) is 1.65. The van der Waals surface area contributed by atoms with E-state index in [9.17, 15) is 4.79 Å². The quantitative estimate of drug-likeness (QED) is 0.572. The van der Waals surface area contributed by atoms with E-state index in [1.807, 2.05) is 12.1 Å². The molecular weight excluding hydrogens is 306 g/mol. The molecule has 3 N–H and O–H groups in total. The van der Waals surface area contributed by atoms with Gasteiger partial charge in [-0.3, -0.25) is 15.6 Å². The van der Waals surface area contributed by atoms with E-state index < -0.39 is 0 Å². The van der Waals surface area contributed by atoms with Gasteiger partial charge in [-0.1, -0.05) is 15.9 Å². The maximum Gasteiger partial charge on any atom is 0.276 e. The van der Waals surface area contributed by atoms with Crippen molar-refractivity contribution in [3.63, 3.8) is 0 Å². The summed E-state index contributed by atoms with van der Waals surface area (Å²) in [6.07, 6.45) is 0. The SMILES string of the molecule is CNC(=S)NNC(=O)COc1ccc(Br)cc1. The van der Waals surface area contributed by atoms with Crippen molar-refractivity contribution in [2.45, 2.75) is 0 Å². The number of benzene rings is 1. The van der Waals surface area contributed by atoms with Gasteiger partial charge in [-0.05, 0) is 36.5 Å². The third-order valence-corrected chi connectivity index (χ3v) is 2.56. The minimum atomic E-state index is -0.314. The van der Waals surface area contributed by atoms with Crippen LogP contribution in [0.4, 0.5) is 0 Å². The summed E-state index contributed by atoms with van der Waals surface area (Å²) >= 11 is 8.09. The predicted octanol–water partition coefficient (Wildman–Crippen LogP) is 0.953. The van der Waals surface area contributed by atoms with Crippen molar-refractivity contribution < 1.29 is 9.53 Å². The molecule has 0 spiro atoms. The summed E-state index contributed by atoms with van der Waals surface area (Å²) in [5.41, 5.74) is 4.90. The molecule has 0 unspecified atom stereocenters. The molecule has 0 fully saturated rings. The number of halogens is 1. The molecule has 0 heterocycles. The standard InChI is InChI=1S/C10H12BrN3O2S/c1-12-10(17)14-13-9(15)6-16-8-4-2-7(11)3-5-8/h2-5H,6H2,1H3,(H,13,15)(H2,12,14,17). The first-order valence-corrected chi connectivity index (χ1v) is 5.97. The van der Waals surface area contributed by atoms with Gasteiger partial charge in [0.2, 0.25) is 0 Å². The normalized spacial score (nSPS) is 9.29. The van der Waals surface area contributed by atoms with Gasteiger partial charge in [0.25, 0.3) is 5.91 Å². The van der Waals surface area contributed by atoms with E-state index in [1.54, 1.807) is 19.2 Å². The van der Waals surface area contributed by atoms with Gasteiger partial charge in [-0.2, -0.15) is 0 Å². The number of ether oxygens (including phenoxy) is 1. The van der Waals surface area contributed by atoms with E-state index in [2.05, 4.69) is 32.1 Å². The average molecular weight is 318 g/mol. The number of rotatable bonds is 3. The topological polar surface area (TPSA) is 62.4 Å². The molecule has 1 amide bonds. The van der Waals surface area contributed by atoms with Crippen molar-refractivity contribution in [3.05, 3.63) is 28.7 Å². The van der Waals surface area contributed by atoms with Crippen LogP contribution in [0.3, 0.4) is 0 Å².